The van der Waals surface area contributed by atoms with E-state index in [2.05, 4.69) is 0 Å². The standard InChI is InChI=1S/C16H15ClO3S/c1-16(2,3)20-11-7-4-6-10(15(17)19)13(11)14(18)12-8-5-9-21-12/h4-9H,1-3H3. The predicted octanol–water partition coefficient (Wildman–Crippen LogP) is 4.54. The molecule has 0 aliphatic heterocycles. The SMILES string of the molecule is CC(C)(C)Oc1cccc(C(=O)Cl)c1C(=O)c1cccs1. The summed E-state index contributed by atoms with van der Waals surface area (Å²) in [6.07, 6.45) is 0. The van der Waals surface area contributed by atoms with Crippen molar-refractivity contribution in [1.82, 2.24) is 0 Å². The molecule has 0 unspecified atom stereocenters. The van der Waals surface area contributed by atoms with E-state index in [1.165, 1.54) is 17.4 Å². The van der Waals surface area contributed by atoms with E-state index in [9.17, 15) is 9.59 Å². The van der Waals surface area contributed by atoms with Gasteiger partial charge in [-0.15, -0.1) is 11.3 Å². The predicted molar refractivity (Wildman–Crippen MR) is 84.8 cm³/mol. The Bertz CT molecular complexity index is 669. The van der Waals surface area contributed by atoms with Crippen molar-refractivity contribution >= 4 is 34.0 Å². The van der Waals surface area contributed by atoms with E-state index in [1.54, 1.807) is 24.3 Å². The van der Waals surface area contributed by atoms with Crippen LogP contribution in [0.5, 0.6) is 5.75 Å². The fraction of sp³-hybridized carbons (Fsp3) is 0.250. The Balaban J connectivity index is 2.59. The van der Waals surface area contributed by atoms with E-state index in [0.29, 0.717) is 10.6 Å². The Labute approximate surface area is 132 Å². The first-order valence-electron chi connectivity index (χ1n) is 6.39. The van der Waals surface area contributed by atoms with Gasteiger partial charge in [-0.25, -0.2) is 0 Å². The molecular weight excluding hydrogens is 308 g/mol. The summed E-state index contributed by atoms with van der Waals surface area (Å²) in [6, 6.07) is 8.36. The molecule has 1 heterocycles. The second kappa shape index (κ2) is 6.00. The molecule has 0 aliphatic carbocycles. The Morgan fingerprint density at radius 1 is 1.14 bits per heavy atom. The van der Waals surface area contributed by atoms with Crippen LogP contribution in [0.15, 0.2) is 35.7 Å². The van der Waals surface area contributed by atoms with Gasteiger partial charge in [-0.05, 0) is 56.0 Å². The third-order valence-electron chi connectivity index (χ3n) is 2.63. The molecule has 0 spiro atoms. The van der Waals surface area contributed by atoms with Crippen molar-refractivity contribution in [3.05, 3.63) is 51.7 Å². The first-order valence-corrected chi connectivity index (χ1v) is 7.65. The minimum absolute atomic E-state index is 0.164. The quantitative estimate of drug-likeness (QED) is 0.613. The first-order chi connectivity index (χ1) is 9.79. The minimum atomic E-state index is -0.672. The molecule has 110 valence electrons. The van der Waals surface area contributed by atoms with Crippen molar-refractivity contribution in [2.75, 3.05) is 0 Å². The number of ether oxygens (including phenoxy) is 1. The van der Waals surface area contributed by atoms with Crippen LogP contribution in [0.4, 0.5) is 0 Å². The molecule has 0 saturated heterocycles. The summed E-state index contributed by atoms with van der Waals surface area (Å²) in [5.74, 6) is 0.112. The molecule has 0 saturated carbocycles. The number of rotatable bonds is 4. The normalized spacial score (nSPS) is 11.2. The number of hydrogen-bond acceptors (Lipinski definition) is 4. The molecule has 2 rings (SSSR count). The van der Waals surface area contributed by atoms with Crippen LogP contribution in [0.25, 0.3) is 0 Å². The van der Waals surface area contributed by atoms with Crippen LogP contribution in [0.3, 0.4) is 0 Å². The molecule has 5 heteroatoms. The van der Waals surface area contributed by atoms with E-state index in [1.807, 2.05) is 26.2 Å². The number of thiophene rings is 1. The van der Waals surface area contributed by atoms with Crippen LogP contribution in [-0.2, 0) is 0 Å². The Kier molecular flexibility index (Phi) is 4.49. The summed E-state index contributed by atoms with van der Waals surface area (Å²) in [5, 5.41) is 1.14. The van der Waals surface area contributed by atoms with Gasteiger partial charge in [-0.3, -0.25) is 9.59 Å². The topological polar surface area (TPSA) is 43.4 Å². The van der Waals surface area contributed by atoms with Gasteiger partial charge < -0.3 is 4.74 Å². The van der Waals surface area contributed by atoms with Gasteiger partial charge in [-0.1, -0.05) is 12.1 Å². The van der Waals surface area contributed by atoms with Crippen LogP contribution < -0.4 is 4.74 Å². The lowest BCUT2D eigenvalue weighted by Crippen LogP contribution is -2.24. The Hall–Kier alpha value is -1.65. The molecule has 0 bridgehead atoms. The van der Waals surface area contributed by atoms with Crippen molar-refractivity contribution in [2.24, 2.45) is 0 Å². The summed E-state index contributed by atoms with van der Waals surface area (Å²) in [7, 11) is 0. The highest BCUT2D eigenvalue weighted by Crippen LogP contribution is 2.30. The van der Waals surface area contributed by atoms with Gasteiger partial charge >= 0.3 is 0 Å². The number of benzene rings is 1. The largest absolute Gasteiger partial charge is 0.487 e. The Morgan fingerprint density at radius 3 is 2.38 bits per heavy atom. The number of hydrogen-bond donors (Lipinski definition) is 0. The van der Waals surface area contributed by atoms with Crippen molar-refractivity contribution in [3.8, 4) is 5.75 Å². The Morgan fingerprint density at radius 2 is 1.86 bits per heavy atom. The average molecular weight is 323 g/mol. The zero-order chi connectivity index (χ0) is 15.6. The van der Waals surface area contributed by atoms with E-state index in [4.69, 9.17) is 16.3 Å². The van der Waals surface area contributed by atoms with Crippen molar-refractivity contribution in [3.63, 3.8) is 0 Å². The summed E-state index contributed by atoms with van der Waals surface area (Å²) in [5.41, 5.74) is -0.106. The zero-order valence-corrected chi connectivity index (χ0v) is 13.5. The maximum absolute atomic E-state index is 12.7. The molecule has 0 aliphatic rings. The van der Waals surface area contributed by atoms with Crippen LogP contribution in [0, 0.1) is 0 Å². The van der Waals surface area contributed by atoms with Crippen LogP contribution in [-0.4, -0.2) is 16.6 Å². The maximum atomic E-state index is 12.7. The van der Waals surface area contributed by atoms with E-state index in [-0.39, 0.29) is 16.9 Å². The summed E-state index contributed by atoms with van der Waals surface area (Å²) in [6.45, 7) is 5.63. The van der Waals surface area contributed by atoms with Crippen LogP contribution in [0.1, 0.15) is 46.4 Å². The second-order valence-electron chi connectivity index (χ2n) is 5.47. The average Bonchev–Trinajstić information content (AvgIpc) is 2.89. The third-order valence-corrected chi connectivity index (χ3v) is 3.70. The summed E-state index contributed by atoms with van der Waals surface area (Å²) < 4.78 is 5.82. The second-order valence-corrected chi connectivity index (χ2v) is 6.76. The van der Waals surface area contributed by atoms with Gasteiger partial charge in [0.05, 0.1) is 10.4 Å². The summed E-state index contributed by atoms with van der Waals surface area (Å²) >= 11 is 6.93. The molecule has 1 aromatic heterocycles. The first kappa shape index (κ1) is 15.7. The molecule has 0 amide bonds. The van der Waals surface area contributed by atoms with Gasteiger partial charge in [0.1, 0.15) is 11.4 Å². The molecule has 3 nitrogen and oxygen atoms in total. The number of carbonyl (C=O) groups is 2. The van der Waals surface area contributed by atoms with E-state index >= 15 is 0 Å². The molecule has 0 N–H and O–H groups in total. The van der Waals surface area contributed by atoms with Gasteiger partial charge in [0.15, 0.2) is 0 Å². The van der Waals surface area contributed by atoms with Crippen LogP contribution in [0.2, 0.25) is 0 Å². The fourth-order valence-electron chi connectivity index (χ4n) is 1.88. The van der Waals surface area contributed by atoms with E-state index < -0.39 is 10.8 Å². The monoisotopic (exact) mass is 322 g/mol. The van der Waals surface area contributed by atoms with Crippen molar-refractivity contribution in [2.45, 2.75) is 26.4 Å². The fourth-order valence-corrected chi connectivity index (χ4v) is 2.70. The van der Waals surface area contributed by atoms with Gasteiger partial charge in [0.2, 0.25) is 5.78 Å². The minimum Gasteiger partial charge on any atom is -0.487 e. The van der Waals surface area contributed by atoms with Crippen LogP contribution >= 0.6 is 22.9 Å². The lowest BCUT2D eigenvalue weighted by molar-refractivity contribution is 0.0996. The highest BCUT2D eigenvalue weighted by molar-refractivity contribution is 7.12. The van der Waals surface area contributed by atoms with Gasteiger partial charge in [-0.2, -0.15) is 0 Å². The third kappa shape index (κ3) is 3.71. The molecule has 0 radical (unpaired) electrons. The van der Waals surface area contributed by atoms with Crippen molar-refractivity contribution in [1.29, 1.82) is 0 Å². The molecular formula is C16H15ClO3S. The number of carbonyl (C=O) groups excluding carboxylic acids is 2. The highest BCUT2D eigenvalue weighted by Gasteiger charge is 2.25. The smallest absolute Gasteiger partial charge is 0.253 e. The molecule has 1 aromatic carbocycles. The van der Waals surface area contributed by atoms with Crippen molar-refractivity contribution < 1.29 is 14.3 Å². The lowest BCUT2D eigenvalue weighted by atomic mass is 10.0. The zero-order valence-electron chi connectivity index (χ0n) is 12.0. The van der Waals surface area contributed by atoms with E-state index in [0.717, 1.165) is 0 Å². The summed E-state index contributed by atoms with van der Waals surface area (Å²) in [4.78, 5) is 24.8. The lowest BCUT2D eigenvalue weighted by Gasteiger charge is -2.23. The molecule has 0 fully saturated rings. The highest BCUT2D eigenvalue weighted by atomic mass is 35.5. The number of ketones is 1. The molecule has 2 aromatic rings. The van der Waals surface area contributed by atoms with Gasteiger partial charge in [0.25, 0.3) is 5.24 Å². The molecule has 21 heavy (non-hydrogen) atoms. The molecule has 0 atom stereocenters. The number of halogens is 1. The maximum Gasteiger partial charge on any atom is 0.253 e. The van der Waals surface area contributed by atoms with Gasteiger partial charge in [0, 0.05) is 5.56 Å².